The number of piperazine rings is 1. The summed E-state index contributed by atoms with van der Waals surface area (Å²) in [5.41, 5.74) is -0.365. The van der Waals surface area contributed by atoms with Crippen molar-refractivity contribution in [2.75, 3.05) is 49.1 Å². The summed E-state index contributed by atoms with van der Waals surface area (Å²) < 4.78 is 66.4. The SMILES string of the molecule is N#Cc1nc(N2CC[C@H](S(=O)(=O)c3ccc(N4CCN5CCCC5C4)cc3Cl)C2)cc(C(F)(F)F)n1. The zero-order valence-electron chi connectivity index (χ0n) is 19.2. The van der Waals surface area contributed by atoms with Crippen molar-refractivity contribution in [1.82, 2.24) is 14.9 Å². The molecule has 5 rings (SSSR count). The van der Waals surface area contributed by atoms with Crippen LogP contribution in [-0.4, -0.2) is 73.8 Å². The molecule has 1 aromatic heterocycles. The topological polar surface area (TPSA) is 93.4 Å². The molecule has 4 heterocycles. The van der Waals surface area contributed by atoms with Crippen LogP contribution in [0.15, 0.2) is 29.2 Å². The first-order valence-electron chi connectivity index (χ1n) is 11.7. The first kappa shape index (κ1) is 25.0. The maximum Gasteiger partial charge on any atom is 0.433 e. The Morgan fingerprint density at radius 3 is 2.56 bits per heavy atom. The third-order valence-electron chi connectivity index (χ3n) is 7.19. The average Bonchev–Trinajstić information content (AvgIpc) is 3.53. The van der Waals surface area contributed by atoms with Gasteiger partial charge in [0.05, 0.1) is 15.2 Å². The molecule has 0 amide bonds. The van der Waals surface area contributed by atoms with Gasteiger partial charge in [-0.3, -0.25) is 4.90 Å². The number of fused-ring (bicyclic) bond motifs is 1. The van der Waals surface area contributed by atoms with Crippen LogP contribution >= 0.6 is 11.6 Å². The summed E-state index contributed by atoms with van der Waals surface area (Å²) in [6.07, 6.45) is -2.22. The lowest BCUT2D eigenvalue weighted by atomic mass is 10.1. The summed E-state index contributed by atoms with van der Waals surface area (Å²) in [6, 6.07) is 7.76. The lowest BCUT2D eigenvalue weighted by Crippen LogP contribution is -2.50. The van der Waals surface area contributed by atoms with Crippen molar-refractivity contribution in [3.63, 3.8) is 0 Å². The van der Waals surface area contributed by atoms with E-state index in [1.165, 1.54) is 23.5 Å². The van der Waals surface area contributed by atoms with Crippen molar-refractivity contribution in [2.45, 2.75) is 41.6 Å². The first-order chi connectivity index (χ1) is 17.1. The number of aromatic nitrogens is 2. The summed E-state index contributed by atoms with van der Waals surface area (Å²) in [5.74, 6) is -0.748. The molecule has 0 bridgehead atoms. The van der Waals surface area contributed by atoms with Crippen LogP contribution in [0.25, 0.3) is 0 Å². The van der Waals surface area contributed by atoms with Crippen LogP contribution in [0.2, 0.25) is 5.02 Å². The zero-order valence-corrected chi connectivity index (χ0v) is 20.8. The lowest BCUT2D eigenvalue weighted by molar-refractivity contribution is -0.141. The normalized spacial score (nSPS) is 23.1. The van der Waals surface area contributed by atoms with Gasteiger partial charge in [0.1, 0.15) is 11.9 Å². The van der Waals surface area contributed by atoms with E-state index in [1.54, 1.807) is 12.1 Å². The predicted molar refractivity (Wildman–Crippen MR) is 128 cm³/mol. The summed E-state index contributed by atoms with van der Waals surface area (Å²) in [4.78, 5) is 13.2. The Morgan fingerprint density at radius 1 is 1.03 bits per heavy atom. The summed E-state index contributed by atoms with van der Waals surface area (Å²) in [5, 5.41) is 8.29. The van der Waals surface area contributed by atoms with Gasteiger partial charge in [0.2, 0.25) is 5.82 Å². The maximum atomic E-state index is 13.4. The smallest absolute Gasteiger partial charge is 0.369 e. The highest BCUT2D eigenvalue weighted by Crippen LogP contribution is 2.35. The van der Waals surface area contributed by atoms with E-state index in [0.29, 0.717) is 6.04 Å². The number of nitriles is 1. The van der Waals surface area contributed by atoms with Crippen molar-refractivity contribution in [3.8, 4) is 6.07 Å². The molecule has 2 aromatic rings. The highest BCUT2D eigenvalue weighted by Gasteiger charge is 2.39. The third kappa shape index (κ3) is 4.71. The molecule has 3 saturated heterocycles. The number of halogens is 4. The van der Waals surface area contributed by atoms with E-state index in [1.807, 2.05) is 0 Å². The van der Waals surface area contributed by atoms with Gasteiger partial charge in [-0.2, -0.15) is 18.4 Å². The molecule has 0 N–H and O–H groups in total. The Bertz CT molecular complexity index is 1320. The van der Waals surface area contributed by atoms with Crippen molar-refractivity contribution in [2.24, 2.45) is 0 Å². The molecule has 3 aliphatic heterocycles. The van der Waals surface area contributed by atoms with Crippen LogP contribution in [0.1, 0.15) is 30.8 Å². The van der Waals surface area contributed by atoms with Crippen molar-refractivity contribution in [3.05, 3.63) is 40.8 Å². The number of sulfone groups is 1. The molecular formula is C23H24ClF3N6O2S. The molecule has 3 fully saturated rings. The third-order valence-corrected chi connectivity index (χ3v) is 9.84. The molecule has 0 saturated carbocycles. The predicted octanol–water partition coefficient (Wildman–Crippen LogP) is 3.36. The number of rotatable bonds is 4. The van der Waals surface area contributed by atoms with Crippen LogP contribution in [0.4, 0.5) is 24.7 Å². The van der Waals surface area contributed by atoms with Gasteiger partial charge in [0.25, 0.3) is 0 Å². The van der Waals surface area contributed by atoms with Crippen molar-refractivity contribution < 1.29 is 21.6 Å². The second kappa shape index (κ2) is 9.36. The Balaban J connectivity index is 1.34. The minimum atomic E-state index is -4.76. The lowest BCUT2D eigenvalue weighted by Gasteiger charge is -2.39. The number of nitrogens with zero attached hydrogens (tertiary/aromatic N) is 6. The van der Waals surface area contributed by atoms with E-state index in [4.69, 9.17) is 16.9 Å². The van der Waals surface area contributed by atoms with Gasteiger partial charge in [-0.15, -0.1) is 0 Å². The molecule has 1 unspecified atom stereocenters. The monoisotopic (exact) mass is 540 g/mol. The quantitative estimate of drug-likeness (QED) is 0.583. The molecule has 3 aliphatic rings. The molecule has 0 spiro atoms. The van der Waals surface area contributed by atoms with Crippen LogP contribution < -0.4 is 9.80 Å². The molecule has 36 heavy (non-hydrogen) atoms. The fraction of sp³-hybridized carbons (Fsp3) is 0.522. The number of hydrogen-bond donors (Lipinski definition) is 0. The highest BCUT2D eigenvalue weighted by atomic mass is 35.5. The van der Waals surface area contributed by atoms with Crippen molar-refractivity contribution >= 4 is 32.9 Å². The number of hydrogen-bond acceptors (Lipinski definition) is 8. The average molecular weight is 541 g/mol. The Kier molecular flexibility index (Phi) is 6.51. The highest BCUT2D eigenvalue weighted by molar-refractivity contribution is 7.92. The largest absolute Gasteiger partial charge is 0.433 e. The zero-order chi connectivity index (χ0) is 25.7. The molecule has 0 radical (unpaired) electrons. The molecule has 0 aliphatic carbocycles. The van der Waals surface area contributed by atoms with Gasteiger partial charge in [-0.1, -0.05) is 11.6 Å². The summed E-state index contributed by atoms with van der Waals surface area (Å²) in [6.45, 7) is 3.92. The van der Waals surface area contributed by atoms with Gasteiger partial charge < -0.3 is 9.80 Å². The van der Waals surface area contributed by atoms with E-state index in [0.717, 1.165) is 44.4 Å². The first-order valence-corrected chi connectivity index (χ1v) is 13.6. The van der Waals surface area contributed by atoms with Gasteiger partial charge in [0, 0.05) is 50.5 Å². The van der Waals surface area contributed by atoms with Gasteiger partial charge in [-0.05, 0) is 44.0 Å². The maximum absolute atomic E-state index is 13.4. The second-order valence-corrected chi connectivity index (χ2v) is 11.9. The molecule has 192 valence electrons. The van der Waals surface area contributed by atoms with E-state index in [9.17, 15) is 21.6 Å². The second-order valence-electron chi connectivity index (χ2n) is 9.34. The number of anilines is 2. The van der Waals surface area contributed by atoms with Crippen LogP contribution in [0.5, 0.6) is 0 Å². The van der Waals surface area contributed by atoms with Crippen LogP contribution in [-0.2, 0) is 16.0 Å². The van der Waals surface area contributed by atoms with E-state index < -0.39 is 32.8 Å². The van der Waals surface area contributed by atoms with Crippen LogP contribution in [0.3, 0.4) is 0 Å². The van der Waals surface area contributed by atoms with Crippen LogP contribution in [0, 0.1) is 11.3 Å². The van der Waals surface area contributed by atoms with Crippen molar-refractivity contribution in [1.29, 1.82) is 5.26 Å². The minimum absolute atomic E-state index is 0.00986. The van der Waals surface area contributed by atoms with E-state index in [-0.39, 0.29) is 35.2 Å². The Hall–Kier alpha value is -2.62. The standard InChI is InChI=1S/C23H24ClF3N6O2S/c24-18-10-15(32-9-8-31-6-1-2-16(31)13-32)3-4-19(18)36(34,35)17-5-7-33(14-17)22-11-20(23(25,26)27)29-21(12-28)30-22/h3-4,10-11,16-17H,1-2,5-9,13-14H2/t16?,17-/m0/s1. The molecule has 8 nitrogen and oxygen atoms in total. The number of benzene rings is 1. The molecule has 1 aromatic carbocycles. The molecule has 2 atom stereocenters. The fourth-order valence-corrected chi connectivity index (χ4v) is 7.54. The van der Waals surface area contributed by atoms with Gasteiger partial charge in [-0.25, -0.2) is 18.4 Å². The minimum Gasteiger partial charge on any atom is -0.369 e. The Labute approximate surface area is 212 Å². The van der Waals surface area contributed by atoms with Gasteiger partial charge in [0.15, 0.2) is 15.5 Å². The summed E-state index contributed by atoms with van der Waals surface area (Å²) in [7, 11) is -3.86. The van der Waals surface area contributed by atoms with Gasteiger partial charge >= 0.3 is 6.18 Å². The fourth-order valence-electron chi connectivity index (χ4n) is 5.30. The molecular weight excluding hydrogens is 517 g/mol. The molecule has 13 heteroatoms. The Morgan fingerprint density at radius 2 is 1.83 bits per heavy atom. The van der Waals surface area contributed by atoms with E-state index in [2.05, 4.69) is 19.8 Å². The van der Waals surface area contributed by atoms with E-state index >= 15 is 0 Å². The summed E-state index contributed by atoms with van der Waals surface area (Å²) >= 11 is 6.48. The number of alkyl halides is 3.